The molecule has 0 fully saturated rings. The van der Waals surface area contributed by atoms with Crippen molar-refractivity contribution >= 4 is 34.3 Å². The van der Waals surface area contributed by atoms with Gasteiger partial charge >= 0.3 is 0 Å². The van der Waals surface area contributed by atoms with E-state index in [9.17, 15) is 0 Å². The largest absolute Gasteiger partial charge is 0.359 e. The highest BCUT2D eigenvalue weighted by Crippen LogP contribution is 2.42. The summed E-state index contributed by atoms with van der Waals surface area (Å²) in [5.41, 5.74) is 7.55. The van der Waals surface area contributed by atoms with Crippen LogP contribution in [-0.2, 0) is 0 Å². The Morgan fingerprint density at radius 3 is 2.16 bits per heavy atom. The third-order valence-electron chi connectivity index (χ3n) is 3.93. The molecule has 0 aromatic heterocycles. The van der Waals surface area contributed by atoms with E-state index in [1.54, 1.807) is 0 Å². The molecule has 0 radical (unpaired) electrons. The summed E-state index contributed by atoms with van der Waals surface area (Å²) in [5.74, 6) is 0. The van der Waals surface area contributed by atoms with Gasteiger partial charge in [-0.25, -0.2) is 0 Å². The van der Waals surface area contributed by atoms with Crippen LogP contribution in [0.15, 0.2) is 35.7 Å². The van der Waals surface area contributed by atoms with Crippen molar-refractivity contribution in [2.45, 2.75) is 20.3 Å². The molecule has 0 amide bonds. The van der Waals surface area contributed by atoms with Crippen LogP contribution in [0.2, 0.25) is 0 Å². The average Bonchev–Trinajstić information content (AvgIpc) is 2.43. The Hall–Kier alpha value is -2.22. The van der Waals surface area contributed by atoms with Gasteiger partial charge < -0.3 is 10.6 Å². The first-order valence-corrected chi connectivity index (χ1v) is 6.79. The van der Waals surface area contributed by atoms with Gasteiger partial charge in [-0.3, -0.25) is 0 Å². The van der Waals surface area contributed by atoms with Gasteiger partial charge in [-0.05, 0) is 48.8 Å². The second-order valence-electron chi connectivity index (χ2n) is 5.26. The number of rotatable bonds is 1. The number of allylic oxidation sites excluding steroid dienone is 2. The standard InChI is InChI=1S/C17H16N2/c1-3-13-9-12-5-6-14-16-11(8-10(2)18-14)4-7-15(19-13)17(12)16/h4-9,18-19H,3H2,1-2H3. The highest BCUT2D eigenvalue weighted by atomic mass is 14.9. The number of hydrogen-bond donors (Lipinski definition) is 2. The maximum absolute atomic E-state index is 3.54. The predicted octanol–water partition coefficient (Wildman–Crippen LogP) is 4.80. The van der Waals surface area contributed by atoms with Gasteiger partial charge in [-0.1, -0.05) is 19.1 Å². The van der Waals surface area contributed by atoms with Crippen LogP contribution < -0.4 is 10.6 Å². The van der Waals surface area contributed by atoms with Crippen LogP contribution in [0.3, 0.4) is 0 Å². The van der Waals surface area contributed by atoms with Crippen LogP contribution in [0, 0.1) is 0 Å². The third-order valence-corrected chi connectivity index (χ3v) is 3.93. The zero-order chi connectivity index (χ0) is 13.0. The van der Waals surface area contributed by atoms with Crippen molar-refractivity contribution in [2.24, 2.45) is 0 Å². The smallest absolute Gasteiger partial charge is 0.0468 e. The lowest BCUT2D eigenvalue weighted by Crippen LogP contribution is -2.08. The second kappa shape index (κ2) is 3.64. The van der Waals surface area contributed by atoms with Gasteiger partial charge in [-0.2, -0.15) is 0 Å². The van der Waals surface area contributed by atoms with Crippen molar-refractivity contribution in [1.29, 1.82) is 0 Å². The fraction of sp³-hybridized carbons (Fsp3) is 0.176. The maximum atomic E-state index is 3.54. The normalized spacial score (nSPS) is 15.5. The molecule has 2 aliphatic rings. The Labute approximate surface area is 112 Å². The first-order valence-electron chi connectivity index (χ1n) is 6.79. The molecule has 2 aromatic rings. The van der Waals surface area contributed by atoms with E-state index in [-0.39, 0.29) is 0 Å². The molecule has 2 heteroatoms. The molecule has 2 nitrogen and oxygen atoms in total. The summed E-state index contributed by atoms with van der Waals surface area (Å²) in [6.45, 7) is 4.29. The minimum Gasteiger partial charge on any atom is -0.359 e. The number of nitrogens with one attached hydrogen (secondary N) is 2. The van der Waals surface area contributed by atoms with E-state index in [1.165, 1.54) is 44.7 Å². The van der Waals surface area contributed by atoms with E-state index < -0.39 is 0 Å². The van der Waals surface area contributed by atoms with Gasteiger partial charge in [0.2, 0.25) is 0 Å². The molecule has 2 aromatic carbocycles. The summed E-state index contributed by atoms with van der Waals surface area (Å²) in [7, 11) is 0. The predicted molar refractivity (Wildman–Crippen MR) is 83.1 cm³/mol. The molecular weight excluding hydrogens is 232 g/mol. The second-order valence-corrected chi connectivity index (χ2v) is 5.26. The molecule has 0 bridgehead atoms. The summed E-state index contributed by atoms with van der Waals surface area (Å²) >= 11 is 0. The lowest BCUT2D eigenvalue weighted by Gasteiger charge is -2.25. The van der Waals surface area contributed by atoms with Gasteiger partial charge in [0.1, 0.15) is 0 Å². The van der Waals surface area contributed by atoms with Crippen LogP contribution in [0.25, 0.3) is 22.9 Å². The van der Waals surface area contributed by atoms with Crippen molar-refractivity contribution in [2.75, 3.05) is 10.6 Å². The molecule has 2 aliphatic heterocycles. The quantitative estimate of drug-likeness (QED) is 0.757. The zero-order valence-corrected chi connectivity index (χ0v) is 11.2. The number of anilines is 2. The zero-order valence-electron chi connectivity index (χ0n) is 11.2. The Balaban J connectivity index is 2.12. The highest BCUT2D eigenvalue weighted by molar-refractivity contribution is 6.13. The van der Waals surface area contributed by atoms with E-state index in [4.69, 9.17) is 0 Å². The first-order chi connectivity index (χ1) is 9.26. The monoisotopic (exact) mass is 248 g/mol. The Morgan fingerprint density at radius 1 is 0.842 bits per heavy atom. The molecule has 0 saturated carbocycles. The summed E-state index contributed by atoms with van der Waals surface area (Å²) in [6.07, 6.45) is 5.51. The van der Waals surface area contributed by atoms with E-state index in [0.29, 0.717) is 0 Å². The number of hydrogen-bond acceptors (Lipinski definition) is 2. The van der Waals surface area contributed by atoms with Gasteiger partial charge in [0.25, 0.3) is 0 Å². The minimum absolute atomic E-state index is 1.03. The molecule has 19 heavy (non-hydrogen) atoms. The van der Waals surface area contributed by atoms with Crippen molar-refractivity contribution in [3.63, 3.8) is 0 Å². The van der Waals surface area contributed by atoms with Gasteiger partial charge in [0.05, 0.1) is 0 Å². The minimum atomic E-state index is 1.03. The van der Waals surface area contributed by atoms with Crippen LogP contribution in [0.5, 0.6) is 0 Å². The summed E-state index contributed by atoms with van der Waals surface area (Å²) in [5, 5.41) is 9.67. The van der Waals surface area contributed by atoms with E-state index >= 15 is 0 Å². The van der Waals surface area contributed by atoms with Crippen LogP contribution in [0.4, 0.5) is 11.4 Å². The highest BCUT2D eigenvalue weighted by Gasteiger charge is 2.18. The lowest BCUT2D eigenvalue weighted by molar-refractivity contribution is 1.12. The van der Waals surface area contributed by atoms with Crippen molar-refractivity contribution in [3.05, 3.63) is 46.8 Å². The number of benzene rings is 2. The molecule has 0 saturated heterocycles. The molecule has 0 aliphatic carbocycles. The SMILES string of the molecule is CCC1=Cc2ccc3c4c(ccc(c24)N1)C=C(C)N3. The van der Waals surface area contributed by atoms with Crippen LogP contribution in [0.1, 0.15) is 31.4 Å². The molecule has 94 valence electrons. The van der Waals surface area contributed by atoms with Crippen molar-refractivity contribution in [1.82, 2.24) is 0 Å². The summed E-state index contributed by atoms with van der Waals surface area (Å²) in [6, 6.07) is 8.81. The van der Waals surface area contributed by atoms with E-state index in [1.807, 2.05) is 0 Å². The maximum Gasteiger partial charge on any atom is 0.0468 e. The summed E-state index contributed by atoms with van der Waals surface area (Å²) < 4.78 is 0. The van der Waals surface area contributed by atoms with Crippen molar-refractivity contribution in [3.8, 4) is 0 Å². The van der Waals surface area contributed by atoms with Crippen LogP contribution in [-0.4, -0.2) is 0 Å². The molecule has 0 atom stereocenters. The topological polar surface area (TPSA) is 24.1 Å². The van der Waals surface area contributed by atoms with E-state index in [0.717, 1.165) is 6.42 Å². The fourth-order valence-electron chi connectivity index (χ4n) is 3.07. The molecule has 0 spiro atoms. The first kappa shape index (κ1) is 10.7. The van der Waals surface area contributed by atoms with Gasteiger partial charge in [0.15, 0.2) is 0 Å². The molecule has 2 N–H and O–H groups in total. The Bertz CT molecular complexity index is 766. The molecular formula is C17H16N2. The molecule has 4 rings (SSSR count). The van der Waals surface area contributed by atoms with Crippen molar-refractivity contribution < 1.29 is 0 Å². The lowest BCUT2D eigenvalue weighted by atomic mass is 9.92. The third kappa shape index (κ3) is 1.43. The molecule has 2 heterocycles. The molecule has 0 unspecified atom stereocenters. The van der Waals surface area contributed by atoms with Gasteiger partial charge in [-0.15, -0.1) is 0 Å². The average molecular weight is 248 g/mol. The Kier molecular flexibility index (Phi) is 2.05. The van der Waals surface area contributed by atoms with Crippen LogP contribution >= 0.6 is 0 Å². The van der Waals surface area contributed by atoms with Gasteiger partial charge in [0, 0.05) is 33.5 Å². The summed E-state index contributed by atoms with van der Waals surface area (Å²) in [4.78, 5) is 0. The Morgan fingerprint density at radius 2 is 1.47 bits per heavy atom. The van der Waals surface area contributed by atoms with E-state index in [2.05, 4.69) is 60.9 Å². The fourth-order valence-corrected chi connectivity index (χ4v) is 3.07.